The van der Waals surface area contributed by atoms with Crippen LogP contribution in [-0.4, -0.2) is 23.6 Å². The minimum Gasteiger partial charge on any atom is -0.294 e. The molecule has 0 aliphatic carbocycles. The molecule has 0 radical (unpaired) electrons. The Kier molecular flexibility index (Phi) is 8.19. The molecule has 0 fully saturated rings. The summed E-state index contributed by atoms with van der Waals surface area (Å²) >= 11 is 0. The lowest BCUT2D eigenvalue weighted by Crippen LogP contribution is -2.52. The number of hydrogen-bond donors (Lipinski definition) is 0. The highest BCUT2D eigenvalue weighted by Gasteiger charge is 2.41. The molecule has 1 aliphatic rings. The lowest BCUT2D eigenvalue weighted by Gasteiger charge is -2.24. The van der Waals surface area contributed by atoms with Crippen LogP contribution in [0.2, 0.25) is 13.1 Å². The van der Waals surface area contributed by atoms with Crippen molar-refractivity contribution in [2.45, 2.75) is 13.1 Å². The quantitative estimate of drug-likeness (QED) is 0.117. The van der Waals surface area contributed by atoms with Gasteiger partial charge in [0.05, 0.1) is 27.5 Å². The smallest absolute Gasteiger partial charge is 0.294 e. The number of aromatic nitrogens is 2. The standard InChI is InChI=1S/C54H40N4Si/c1-59(2,43-31-32-48-47-25-11-12-28-49(47)58(51(48)36-43)52-29-13-14-34-55-52)42-23-15-22-41(35-42)56-37-57(54-46-24-10-9-21-40(46)30-33-50(54)56)53-44(38-17-5-3-6-18-38)26-16-27-45(53)39-19-7-4-8-20-39/h3-36H,1-2H3/q+2. The second-order valence-electron chi connectivity index (χ2n) is 15.8. The first-order valence-electron chi connectivity index (χ1n) is 20.2. The lowest BCUT2D eigenvalue weighted by molar-refractivity contribution is 1.08. The minimum absolute atomic E-state index is 0.928. The average molecular weight is 773 g/mol. The molecule has 0 spiro atoms. The van der Waals surface area contributed by atoms with Crippen molar-refractivity contribution in [3.05, 3.63) is 206 Å². The van der Waals surface area contributed by atoms with Crippen LogP contribution in [0, 0.1) is 0 Å². The number of rotatable bonds is 7. The first kappa shape index (κ1) is 34.8. The second kappa shape index (κ2) is 13.9. The molecule has 3 heterocycles. The van der Waals surface area contributed by atoms with E-state index < -0.39 is 8.07 Å². The number of para-hydroxylation sites is 2. The third-order valence-electron chi connectivity index (χ3n) is 12.1. The van der Waals surface area contributed by atoms with Crippen LogP contribution in [-0.2, 0) is 0 Å². The number of nitrogens with zero attached hydrogens (tertiary/aromatic N) is 4. The fourth-order valence-corrected chi connectivity index (χ4v) is 11.4. The van der Waals surface area contributed by atoms with Crippen molar-refractivity contribution in [1.29, 1.82) is 0 Å². The molecule has 4 nitrogen and oxygen atoms in total. The maximum absolute atomic E-state index is 4.80. The number of benzene rings is 8. The third-order valence-corrected chi connectivity index (χ3v) is 15.6. The van der Waals surface area contributed by atoms with E-state index in [1.165, 1.54) is 43.0 Å². The monoisotopic (exact) mass is 772 g/mol. The van der Waals surface area contributed by atoms with Crippen molar-refractivity contribution in [1.82, 2.24) is 18.7 Å². The Morgan fingerprint density at radius 3 is 1.86 bits per heavy atom. The molecule has 0 unspecified atom stereocenters. The van der Waals surface area contributed by atoms with Crippen LogP contribution in [0.4, 0.5) is 22.7 Å². The van der Waals surface area contributed by atoms with Gasteiger partial charge < -0.3 is 0 Å². The fourth-order valence-electron chi connectivity index (χ4n) is 9.00. The van der Waals surface area contributed by atoms with E-state index in [0.29, 0.717) is 0 Å². The van der Waals surface area contributed by atoms with Gasteiger partial charge in [-0.05, 0) is 79.4 Å². The predicted molar refractivity (Wildman–Crippen MR) is 251 cm³/mol. The van der Waals surface area contributed by atoms with Gasteiger partial charge in [-0.25, -0.2) is 4.98 Å². The number of fused-ring (bicyclic) bond motifs is 6. The van der Waals surface area contributed by atoms with Crippen LogP contribution in [0.15, 0.2) is 206 Å². The fraction of sp³-hybridized carbons (Fsp3) is 0.0370. The molecule has 59 heavy (non-hydrogen) atoms. The number of hydrogen-bond acceptors (Lipinski definition) is 1. The van der Waals surface area contributed by atoms with Crippen LogP contribution in [0.25, 0.3) is 60.6 Å². The topological polar surface area (TPSA) is 23.8 Å². The molecular weight excluding hydrogens is 733 g/mol. The van der Waals surface area contributed by atoms with Gasteiger partial charge in [0.25, 0.3) is 5.69 Å². The Labute approximate surface area is 344 Å². The van der Waals surface area contributed by atoms with Gasteiger partial charge in [0.1, 0.15) is 13.9 Å². The highest BCUT2D eigenvalue weighted by molar-refractivity contribution is 7.00. The Bertz CT molecular complexity index is 3270. The zero-order valence-electron chi connectivity index (χ0n) is 32.9. The van der Waals surface area contributed by atoms with Gasteiger partial charge in [-0.1, -0.05) is 152 Å². The van der Waals surface area contributed by atoms with E-state index in [4.69, 9.17) is 4.98 Å². The first-order chi connectivity index (χ1) is 29.0. The van der Waals surface area contributed by atoms with Crippen molar-refractivity contribution in [2.75, 3.05) is 0 Å². The Balaban J connectivity index is 1.12. The average Bonchev–Trinajstić information content (AvgIpc) is 3.86. The van der Waals surface area contributed by atoms with Gasteiger partial charge in [-0.3, -0.25) is 4.57 Å². The molecular formula is C54H40N4Si+2. The van der Waals surface area contributed by atoms with Crippen LogP contribution in [0.1, 0.15) is 0 Å². The zero-order chi connectivity index (χ0) is 39.5. The summed E-state index contributed by atoms with van der Waals surface area (Å²) < 4.78 is 6.91. The summed E-state index contributed by atoms with van der Waals surface area (Å²) in [4.78, 5) is 4.80. The maximum Gasteiger partial charge on any atom is 0.503 e. The summed E-state index contributed by atoms with van der Waals surface area (Å²) in [5, 5.41) is 7.58. The molecule has 11 rings (SSSR count). The van der Waals surface area contributed by atoms with Gasteiger partial charge in [-0.15, -0.1) is 0 Å². The summed E-state index contributed by atoms with van der Waals surface area (Å²) in [6, 6.07) is 76.4. The molecule has 2 aromatic heterocycles. The summed E-state index contributed by atoms with van der Waals surface area (Å²) in [7, 11) is -2.25. The van der Waals surface area contributed by atoms with Gasteiger partial charge >= 0.3 is 11.7 Å². The van der Waals surface area contributed by atoms with E-state index in [9.17, 15) is 0 Å². The van der Waals surface area contributed by atoms with Crippen LogP contribution in [0.3, 0.4) is 0 Å². The van der Waals surface area contributed by atoms with Crippen molar-refractivity contribution in [3.8, 4) is 28.1 Å². The maximum atomic E-state index is 4.80. The molecule has 8 aromatic carbocycles. The van der Waals surface area contributed by atoms with Crippen molar-refractivity contribution < 1.29 is 0 Å². The first-order valence-corrected chi connectivity index (χ1v) is 23.2. The summed E-state index contributed by atoms with van der Waals surface area (Å²) in [6.45, 7) is 4.93. The van der Waals surface area contributed by atoms with E-state index in [-0.39, 0.29) is 0 Å². The largest absolute Gasteiger partial charge is 0.503 e. The molecule has 0 saturated heterocycles. The van der Waals surface area contributed by atoms with E-state index in [1.807, 2.05) is 12.3 Å². The Morgan fingerprint density at radius 1 is 0.475 bits per heavy atom. The van der Waals surface area contributed by atoms with E-state index in [0.717, 1.165) is 50.8 Å². The summed E-state index contributed by atoms with van der Waals surface area (Å²) in [6.07, 6.45) is 1.88. The summed E-state index contributed by atoms with van der Waals surface area (Å²) in [5.41, 5.74) is 11.4. The van der Waals surface area contributed by atoms with Gasteiger partial charge in [0.15, 0.2) is 0 Å². The molecule has 0 amide bonds. The molecule has 0 N–H and O–H groups in total. The van der Waals surface area contributed by atoms with Crippen molar-refractivity contribution in [2.24, 2.45) is 0 Å². The summed E-state index contributed by atoms with van der Waals surface area (Å²) in [5.74, 6) is 0.928. The lowest BCUT2D eigenvalue weighted by atomic mass is 9.95. The molecule has 0 saturated carbocycles. The van der Waals surface area contributed by atoms with Crippen molar-refractivity contribution in [3.63, 3.8) is 0 Å². The van der Waals surface area contributed by atoms with Gasteiger partial charge in [-0.2, -0.15) is 0 Å². The van der Waals surface area contributed by atoms with Crippen LogP contribution >= 0.6 is 0 Å². The minimum atomic E-state index is -2.25. The zero-order valence-corrected chi connectivity index (χ0v) is 33.9. The van der Waals surface area contributed by atoms with Gasteiger partial charge in [0, 0.05) is 35.2 Å². The normalized spacial score (nSPS) is 12.5. The highest BCUT2D eigenvalue weighted by atomic mass is 28.3. The SMILES string of the molecule is C[Si](C)(c1cccc([N+]2=C=[N+](c3c(-c4ccccc4)cccc3-c3ccccc3)c3c2ccc2ccccc32)c1)c1ccc2c3ccccc3n(-c3ccccn3)c2c1. The van der Waals surface area contributed by atoms with Crippen LogP contribution < -0.4 is 19.5 Å². The van der Waals surface area contributed by atoms with E-state index in [1.54, 1.807) is 0 Å². The molecule has 0 bridgehead atoms. The van der Waals surface area contributed by atoms with E-state index >= 15 is 0 Å². The second-order valence-corrected chi connectivity index (χ2v) is 20.2. The third kappa shape index (κ3) is 5.71. The molecule has 278 valence electrons. The van der Waals surface area contributed by atoms with E-state index in [2.05, 4.69) is 227 Å². The number of pyridine rings is 1. The molecule has 5 heteroatoms. The molecule has 1 aliphatic heterocycles. The highest BCUT2D eigenvalue weighted by Crippen LogP contribution is 2.47. The molecule has 0 atom stereocenters. The van der Waals surface area contributed by atoms with Crippen molar-refractivity contribution >= 4 is 79.8 Å². The Hall–Kier alpha value is -7.43. The van der Waals surface area contributed by atoms with Crippen LogP contribution in [0.5, 0.6) is 0 Å². The Morgan fingerprint density at radius 2 is 1.12 bits per heavy atom. The van der Waals surface area contributed by atoms with Gasteiger partial charge in [0.2, 0.25) is 11.4 Å². The molecule has 10 aromatic rings. The predicted octanol–water partition coefficient (Wildman–Crippen LogP) is 12.3.